The lowest BCUT2D eigenvalue weighted by atomic mass is 10.1. The third kappa shape index (κ3) is 5.62. The molecule has 7 heteroatoms. The van der Waals surface area contributed by atoms with Gasteiger partial charge in [-0.25, -0.2) is 0 Å². The second-order valence-corrected chi connectivity index (χ2v) is 6.40. The lowest BCUT2D eigenvalue weighted by Gasteiger charge is -2.11. The normalized spacial score (nSPS) is 10.9. The number of non-ortho nitro benzene ring substituents is 1. The molecule has 0 saturated heterocycles. The van der Waals surface area contributed by atoms with Gasteiger partial charge in [-0.2, -0.15) is 0 Å². The van der Waals surface area contributed by atoms with Gasteiger partial charge in [0.2, 0.25) is 0 Å². The molecular formula is C23H19N3O4. The zero-order valence-corrected chi connectivity index (χ0v) is 15.9. The van der Waals surface area contributed by atoms with Gasteiger partial charge < -0.3 is 10.6 Å². The number of carbonyl (C=O) groups excluding carboxylic acids is 2. The summed E-state index contributed by atoms with van der Waals surface area (Å²) in [6.07, 6.45) is 1.48. The van der Waals surface area contributed by atoms with Gasteiger partial charge in [-0.1, -0.05) is 48.5 Å². The van der Waals surface area contributed by atoms with Crippen molar-refractivity contribution in [1.29, 1.82) is 0 Å². The minimum Gasteiger partial charge on any atom is -0.347 e. The summed E-state index contributed by atoms with van der Waals surface area (Å²) < 4.78 is 0. The third-order valence-corrected chi connectivity index (χ3v) is 4.24. The summed E-state index contributed by atoms with van der Waals surface area (Å²) in [5, 5.41) is 16.2. The molecule has 0 aliphatic carbocycles. The minimum absolute atomic E-state index is 0.0358. The Morgan fingerprint density at radius 3 is 2.07 bits per heavy atom. The highest BCUT2D eigenvalue weighted by molar-refractivity contribution is 6.05. The van der Waals surface area contributed by atoms with E-state index in [0.29, 0.717) is 17.7 Å². The third-order valence-electron chi connectivity index (χ3n) is 4.24. The Morgan fingerprint density at radius 2 is 1.47 bits per heavy atom. The Bertz CT molecular complexity index is 1060. The van der Waals surface area contributed by atoms with Gasteiger partial charge in [0.1, 0.15) is 5.70 Å². The Kier molecular flexibility index (Phi) is 6.68. The van der Waals surface area contributed by atoms with Crippen LogP contribution >= 0.6 is 0 Å². The second-order valence-electron chi connectivity index (χ2n) is 6.40. The van der Waals surface area contributed by atoms with Crippen LogP contribution in [0.5, 0.6) is 0 Å². The highest BCUT2D eigenvalue weighted by Crippen LogP contribution is 2.14. The molecule has 0 unspecified atom stereocenters. The molecule has 2 amide bonds. The molecule has 0 aromatic heterocycles. The number of carbonyl (C=O) groups is 2. The van der Waals surface area contributed by atoms with Crippen molar-refractivity contribution in [2.24, 2.45) is 0 Å². The molecule has 150 valence electrons. The van der Waals surface area contributed by atoms with E-state index in [1.54, 1.807) is 30.3 Å². The summed E-state index contributed by atoms with van der Waals surface area (Å²) in [7, 11) is 0. The number of hydrogen-bond acceptors (Lipinski definition) is 4. The van der Waals surface area contributed by atoms with Crippen LogP contribution in [0.3, 0.4) is 0 Å². The minimum atomic E-state index is -0.502. The van der Waals surface area contributed by atoms with Gasteiger partial charge in [0, 0.05) is 24.2 Å². The monoisotopic (exact) mass is 401 g/mol. The van der Waals surface area contributed by atoms with Crippen molar-refractivity contribution in [2.45, 2.75) is 6.54 Å². The SMILES string of the molecule is O=C(NCc1ccccc1)/C(=C\c1ccc([N+](=O)[O-])cc1)NC(=O)c1ccccc1. The molecule has 30 heavy (non-hydrogen) atoms. The number of nitro benzene ring substituents is 1. The van der Waals surface area contributed by atoms with Crippen molar-refractivity contribution < 1.29 is 14.5 Å². The van der Waals surface area contributed by atoms with Crippen molar-refractivity contribution in [2.75, 3.05) is 0 Å². The van der Waals surface area contributed by atoms with Crippen molar-refractivity contribution >= 4 is 23.6 Å². The van der Waals surface area contributed by atoms with Crippen LogP contribution in [-0.4, -0.2) is 16.7 Å². The van der Waals surface area contributed by atoms with Gasteiger partial charge in [-0.3, -0.25) is 19.7 Å². The first-order valence-corrected chi connectivity index (χ1v) is 9.17. The van der Waals surface area contributed by atoms with Gasteiger partial charge in [-0.15, -0.1) is 0 Å². The summed E-state index contributed by atoms with van der Waals surface area (Å²) in [5.41, 5.74) is 1.83. The highest BCUT2D eigenvalue weighted by atomic mass is 16.6. The van der Waals surface area contributed by atoms with Crippen LogP contribution in [-0.2, 0) is 11.3 Å². The predicted molar refractivity (Wildman–Crippen MR) is 113 cm³/mol. The molecule has 0 fully saturated rings. The molecule has 0 spiro atoms. The summed E-state index contributed by atoms with van der Waals surface area (Å²) in [4.78, 5) is 35.6. The number of amides is 2. The largest absolute Gasteiger partial charge is 0.347 e. The molecule has 7 nitrogen and oxygen atoms in total. The number of hydrogen-bond donors (Lipinski definition) is 2. The first-order chi connectivity index (χ1) is 14.5. The fraction of sp³-hybridized carbons (Fsp3) is 0.0435. The summed E-state index contributed by atoms with van der Waals surface area (Å²) in [5.74, 6) is -0.903. The lowest BCUT2D eigenvalue weighted by molar-refractivity contribution is -0.384. The molecule has 0 atom stereocenters. The van der Waals surface area contributed by atoms with Gasteiger partial charge in [0.05, 0.1) is 4.92 Å². The van der Waals surface area contributed by atoms with Gasteiger partial charge in [0.25, 0.3) is 17.5 Å². The van der Waals surface area contributed by atoms with Crippen LogP contribution in [0.4, 0.5) is 5.69 Å². The maximum atomic E-state index is 12.8. The summed E-state index contributed by atoms with van der Waals surface area (Å²) >= 11 is 0. The van der Waals surface area contributed by atoms with E-state index in [1.165, 1.54) is 30.3 Å². The molecule has 0 bridgehead atoms. The number of rotatable bonds is 7. The summed E-state index contributed by atoms with van der Waals surface area (Å²) in [6, 6.07) is 23.6. The quantitative estimate of drug-likeness (QED) is 0.358. The molecule has 0 radical (unpaired) electrons. The first-order valence-electron chi connectivity index (χ1n) is 9.17. The van der Waals surface area contributed by atoms with Crippen LogP contribution in [0.25, 0.3) is 6.08 Å². The molecule has 0 aliphatic rings. The molecule has 0 saturated carbocycles. The van der Waals surface area contributed by atoms with E-state index in [1.807, 2.05) is 30.3 Å². The molecule has 2 N–H and O–H groups in total. The van der Waals surface area contributed by atoms with E-state index in [0.717, 1.165) is 5.56 Å². The van der Waals surface area contributed by atoms with Crippen molar-refractivity contribution in [1.82, 2.24) is 10.6 Å². The second kappa shape index (κ2) is 9.79. The standard InChI is InChI=1S/C23H19N3O4/c27-22(19-9-5-2-6-10-19)25-21(15-17-11-13-20(14-12-17)26(29)30)23(28)24-16-18-7-3-1-4-8-18/h1-15H,16H2,(H,24,28)(H,25,27)/b21-15+. The number of nitrogens with one attached hydrogen (secondary N) is 2. The van der Waals surface area contributed by atoms with Crippen LogP contribution < -0.4 is 10.6 Å². The zero-order chi connectivity index (χ0) is 21.3. The number of nitrogens with zero attached hydrogens (tertiary/aromatic N) is 1. The lowest BCUT2D eigenvalue weighted by Crippen LogP contribution is -2.34. The molecule has 3 aromatic rings. The number of nitro groups is 1. The maximum absolute atomic E-state index is 12.8. The van der Waals surface area contributed by atoms with Crippen molar-refractivity contribution in [3.8, 4) is 0 Å². The van der Waals surface area contributed by atoms with E-state index in [4.69, 9.17) is 0 Å². The van der Waals surface area contributed by atoms with Crippen molar-refractivity contribution in [3.63, 3.8) is 0 Å². The van der Waals surface area contributed by atoms with Crippen LogP contribution in [0.15, 0.2) is 90.6 Å². The molecule has 3 rings (SSSR count). The molecular weight excluding hydrogens is 382 g/mol. The van der Waals surface area contributed by atoms with Crippen LogP contribution in [0.1, 0.15) is 21.5 Å². The Morgan fingerprint density at radius 1 is 0.867 bits per heavy atom. The fourth-order valence-electron chi connectivity index (χ4n) is 2.67. The fourth-order valence-corrected chi connectivity index (χ4v) is 2.67. The van der Waals surface area contributed by atoms with Gasteiger partial charge in [0.15, 0.2) is 0 Å². The smallest absolute Gasteiger partial charge is 0.269 e. The topological polar surface area (TPSA) is 101 Å². The van der Waals surface area contributed by atoms with E-state index in [9.17, 15) is 19.7 Å². The van der Waals surface area contributed by atoms with Crippen LogP contribution in [0, 0.1) is 10.1 Å². The average Bonchev–Trinajstić information content (AvgIpc) is 2.78. The summed E-state index contributed by atoms with van der Waals surface area (Å²) in [6.45, 7) is 0.290. The Labute approximate surface area is 173 Å². The molecule has 0 heterocycles. The van der Waals surface area contributed by atoms with E-state index >= 15 is 0 Å². The van der Waals surface area contributed by atoms with Crippen molar-refractivity contribution in [3.05, 3.63) is 117 Å². The Hall–Kier alpha value is -4.26. The van der Waals surface area contributed by atoms with E-state index < -0.39 is 16.7 Å². The first kappa shape index (κ1) is 20.5. The van der Waals surface area contributed by atoms with Crippen LogP contribution in [0.2, 0.25) is 0 Å². The maximum Gasteiger partial charge on any atom is 0.269 e. The molecule has 0 aliphatic heterocycles. The highest BCUT2D eigenvalue weighted by Gasteiger charge is 2.15. The van der Waals surface area contributed by atoms with Gasteiger partial charge >= 0.3 is 0 Å². The van der Waals surface area contributed by atoms with E-state index in [-0.39, 0.29) is 11.4 Å². The Balaban J connectivity index is 1.82. The van der Waals surface area contributed by atoms with Gasteiger partial charge in [-0.05, 0) is 41.5 Å². The number of benzene rings is 3. The zero-order valence-electron chi connectivity index (χ0n) is 15.9. The van der Waals surface area contributed by atoms with E-state index in [2.05, 4.69) is 10.6 Å². The predicted octanol–water partition coefficient (Wildman–Crippen LogP) is 3.68. The molecule has 3 aromatic carbocycles. The average molecular weight is 401 g/mol.